The highest BCUT2D eigenvalue weighted by molar-refractivity contribution is 8.01. The summed E-state index contributed by atoms with van der Waals surface area (Å²) in [6.07, 6.45) is 4.47. The summed E-state index contributed by atoms with van der Waals surface area (Å²) in [5, 5.41) is 0. The monoisotopic (exact) mass is 468 g/mol. The molecular formula is C26H32N2O4S. The molecule has 0 amide bonds. The van der Waals surface area contributed by atoms with Crippen LogP contribution in [0.2, 0.25) is 0 Å². The summed E-state index contributed by atoms with van der Waals surface area (Å²) in [7, 11) is 4.02. The minimum Gasteiger partial charge on any atom is -0.465 e. The molecule has 0 saturated heterocycles. The van der Waals surface area contributed by atoms with Gasteiger partial charge in [-0.3, -0.25) is 4.79 Å². The van der Waals surface area contributed by atoms with Gasteiger partial charge in [-0.05, 0) is 70.2 Å². The van der Waals surface area contributed by atoms with Crippen molar-refractivity contribution in [2.75, 3.05) is 31.4 Å². The molecule has 0 unspecified atom stereocenters. The predicted octanol–water partition coefficient (Wildman–Crippen LogP) is 5.99. The molecule has 33 heavy (non-hydrogen) atoms. The fourth-order valence-corrected chi connectivity index (χ4v) is 3.93. The molecule has 176 valence electrons. The maximum Gasteiger partial charge on any atom is 0.321 e. The molecule has 3 aromatic rings. The standard InChI is InChI=1S/C26H32N2O4S/c1-7-30-25(29)26(3,4)33-16-8-9-21-14-15-22(32-21)17-23-18(2)31-24(27-23)19-10-12-20(13-11-19)28(5)6/h8-15H,7,16-17H2,1-6H3/b9-8+. The predicted molar refractivity (Wildman–Crippen MR) is 135 cm³/mol. The second-order valence-corrected chi connectivity index (χ2v) is 10.0. The van der Waals surface area contributed by atoms with Crippen LogP contribution in [0.3, 0.4) is 0 Å². The van der Waals surface area contributed by atoms with Crippen molar-refractivity contribution < 1.29 is 18.4 Å². The third-order valence-electron chi connectivity index (χ3n) is 5.14. The van der Waals surface area contributed by atoms with Crippen LogP contribution in [-0.4, -0.2) is 42.2 Å². The molecule has 0 fully saturated rings. The molecule has 2 aromatic heterocycles. The molecule has 1 aromatic carbocycles. The van der Waals surface area contributed by atoms with Crippen molar-refractivity contribution in [3.63, 3.8) is 0 Å². The number of carbonyl (C=O) groups is 1. The summed E-state index contributed by atoms with van der Waals surface area (Å²) in [5.74, 6) is 3.47. The SMILES string of the molecule is CCOC(=O)C(C)(C)SC/C=C/c1ccc(Cc2nc(-c3ccc(N(C)C)cc3)oc2C)o1. The number of aryl methyl sites for hydroxylation is 1. The zero-order valence-electron chi connectivity index (χ0n) is 20.2. The van der Waals surface area contributed by atoms with Gasteiger partial charge < -0.3 is 18.5 Å². The fraction of sp³-hybridized carbons (Fsp3) is 0.385. The van der Waals surface area contributed by atoms with E-state index in [1.54, 1.807) is 0 Å². The van der Waals surface area contributed by atoms with Gasteiger partial charge in [-0.15, -0.1) is 11.8 Å². The molecule has 0 spiro atoms. The average molecular weight is 469 g/mol. The number of furan rings is 1. The number of rotatable bonds is 10. The summed E-state index contributed by atoms with van der Waals surface area (Å²) >= 11 is 1.53. The summed E-state index contributed by atoms with van der Waals surface area (Å²) in [6.45, 7) is 7.88. The van der Waals surface area contributed by atoms with Crippen LogP contribution in [0.5, 0.6) is 0 Å². The largest absolute Gasteiger partial charge is 0.465 e. The Morgan fingerprint density at radius 2 is 1.88 bits per heavy atom. The van der Waals surface area contributed by atoms with E-state index in [9.17, 15) is 4.79 Å². The molecule has 0 aliphatic carbocycles. The number of esters is 1. The summed E-state index contributed by atoms with van der Waals surface area (Å²) in [4.78, 5) is 18.7. The first kappa shape index (κ1) is 24.7. The first-order valence-corrected chi connectivity index (χ1v) is 12.0. The highest BCUT2D eigenvalue weighted by Gasteiger charge is 2.29. The van der Waals surface area contributed by atoms with Crippen molar-refractivity contribution in [2.24, 2.45) is 0 Å². The van der Waals surface area contributed by atoms with Crippen LogP contribution in [0.25, 0.3) is 17.5 Å². The van der Waals surface area contributed by atoms with Crippen molar-refractivity contribution in [1.82, 2.24) is 4.98 Å². The van der Waals surface area contributed by atoms with Gasteiger partial charge in [-0.2, -0.15) is 0 Å². The van der Waals surface area contributed by atoms with Crippen molar-refractivity contribution >= 4 is 29.5 Å². The lowest BCUT2D eigenvalue weighted by Gasteiger charge is -2.20. The second kappa shape index (κ2) is 10.8. The normalized spacial score (nSPS) is 11.8. The Balaban J connectivity index is 1.59. The smallest absolute Gasteiger partial charge is 0.321 e. The van der Waals surface area contributed by atoms with Gasteiger partial charge in [0.2, 0.25) is 5.89 Å². The second-order valence-electron chi connectivity index (χ2n) is 8.39. The van der Waals surface area contributed by atoms with Crippen molar-refractivity contribution in [3.05, 3.63) is 65.4 Å². The molecular weight excluding hydrogens is 436 g/mol. The van der Waals surface area contributed by atoms with Crippen LogP contribution >= 0.6 is 11.8 Å². The Labute approximate surface area is 200 Å². The molecule has 0 saturated carbocycles. The summed E-state index contributed by atoms with van der Waals surface area (Å²) in [6, 6.07) is 12.0. The van der Waals surface area contributed by atoms with Crippen LogP contribution in [0.4, 0.5) is 5.69 Å². The first-order chi connectivity index (χ1) is 15.7. The van der Waals surface area contributed by atoms with Crippen molar-refractivity contribution in [3.8, 4) is 11.5 Å². The van der Waals surface area contributed by atoms with E-state index in [1.807, 2.05) is 90.3 Å². The molecule has 0 aliphatic rings. The highest BCUT2D eigenvalue weighted by atomic mass is 32.2. The van der Waals surface area contributed by atoms with E-state index in [0.29, 0.717) is 24.7 Å². The minimum absolute atomic E-state index is 0.195. The summed E-state index contributed by atoms with van der Waals surface area (Å²) < 4.78 is 16.4. The quantitative estimate of drug-likeness (QED) is 0.339. The van der Waals surface area contributed by atoms with Gasteiger partial charge in [0.25, 0.3) is 0 Å². The lowest BCUT2D eigenvalue weighted by molar-refractivity contribution is -0.145. The topological polar surface area (TPSA) is 68.7 Å². The van der Waals surface area contributed by atoms with Gasteiger partial charge in [0.05, 0.1) is 18.7 Å². The van der Waals surface area contributed by atoms with Crippen LogP contribution in [0.15, 0.2) is 51.3 Å². The molecule has 2 heterocycles. The van der Waals surface area contributed by atoms with E-state index in [-0.39, 0.29) is 5.97 Å². The Morgan fingerprint density at radius 1 is 1.15 bits per heavy atom. The van der Waals surface area contributed by atoms with Gasteiger partial charge >= 0.3 is 5.97 Å². The maximum absolute atomic E-state index is 12.0. The number of ether oxygens (including phenoxy) is 1. The highest BCUT2D eigenvalue weighted by Crippen LogP contribution is 2.27. The lowest BCUT2D eigenvalue weighted by Crippen LogP contribution is -2.30. The zero-order chi connectivity index (χ0) is 24.0. The number of nitrogens with zero attached hydrogens (tertiary/aromatic N) is 2. The lowest BCUT2D eigenvalue weighted by atomic mass is 10.2. The molecule has 0 atom stereocenters. The van der Waals surface area contributed by atoms with Crippen LogP contribution in [0, 0.1) is 6.92 Å². The maximum atomic E-state index is 12.0. The number of benzene rings is 1. The number of hydrogen-bond donors (Lipinski definition) is 0. The van der Waals surface area contributed by atoms with Crippen LogP contribution in [0.1, 0.15) is 43.7 Å². The minimum atomic E-state index is -0.580. The van der Waals surface area contributed by atoms with Gasteiger partial charge in [0, 0.05) is 31.1 Å². The molecule has 0 aliphatic heterocycles. The van der Waals surface area contributed by atoms with E-state index in [1.165, 1.54) is 11.8 Å². The molecule has 0 bridgehead atoms. The van der Waals surface area contributed by atoms with Crippen molar-refractivity contribution in [2.45, 2.75) is 38.9 Å². The molecule has 0 radical (unpaired) electrons. The fourth-order valence-electron chi connectivity index (χ4n) is 3.15. The zero-order valence-corrected chi connectivity index (χ0v) is 21.0. The summed E-state index contributed by atoms with van der Waals surface area (Å²) in [5.41, 5.74) is 2.93. The third-order valence-corrected chi connectivity index (χ3v) is 6.38. The van der Waals surface area contributed by atoms with E-state index in [4.69, 9.17) is 13.6 Å². The third kappa shape index (κ3) is 6.54. The number of thioether (sulfide) groups is 1. The van der Waals surface area contributed by atoms with Crippen LogP contribution < -0.4 is 4.90 Å². The van der Waals surface area contributed by atoms with Gasteiger partial charge in [0.1, 0.15) is 22.0 Å². The molecule has 3 rings (SSSR count). The average Bonchev–Trinajstić information content (AvgIpc) is 3.38. The molecule has 7 heteroatoms. The molecule has 0 N–H and O–H groups in total. The van der Waals surface area contributed by atoms with Crippen LogP contribution in [-0.2, 0) is 16.0 Å². The number of anilines is 1. The Kier molecular flexibility index (Phi) is 8.08. The van der Waals surface area contributed by atoms with E-state index >= 15 is 0 Å². The van der Waals surface area contributed by atoms with E-state index < -0.39 is 4.75 Å². The van der Waals surface area contributed by atoms with Gasteiger partial charge in [-0.1, -0.05) is 6.08 Å². The van der Waals surface area contributed by atoms with Gasteiger partial charge in [-0.25, -0.2) is 4.98 Å². The number of carbonyl (C=O) groups excluding carboxylic acids is 1. The Bertz CT molecular complexity index is 1090. The number of oxazole rings is 1. The Morgan fingerprint density at radius 3 is 2.55 bits per heavy atom. The van der Waals surface area contributed by atoms with Crippen molar-refractivity contribution in [1.29, 1.82) is 0 Å². The Hall–Kier alpha value is -2.93. The first-order valence-electron chi connectivity index (χ1n) is 11.0. The van der Waals surface area contributed by atoms with E-state index in [0.717, 1.165) is 34.2 Å². The van der Waals surface area contributed by atoms with Gasteiger partial charge in [0.15, 0.2) is 0 Å². The number of aromatic nitrogens is 1. The van der Waals surface area contributed by atoms with E-state index in [2.05, 4.69) is 9.88 Å². The molecule has 6 nitrogen and oxygen atoms in total. The number of hydrogen-bond acceptors (Lipinski definition) is 7.